The van der Waals surface area contributed by atoms with E-state index in [-0.39, 0.29) is 0 Å². The maximum atomic E-state index is 3.63. The molecule has 1 unspecified atom stereocenters. The molecular weight excluding hydrogens is 222 g/mol. The van der Waals surface area contributed by atoms with Crippen molar-refractivity contribution in [2.45, 2.75) is 39.7 Å². The summed E-state index contributed by atoms with van der Waals surface area (Å²) in [7, 11) is 0. The number of nitrogens with one attached hydrogen (secondary N) is 1. The number of piperazine rings is 1. The Balaban J connectivity index is 1.67. The molecule has 1 N–H and O–H groups in total. The van der Waals surface area contributed by atoms with Crippen molar-refractivity contribution in [1.82, 2.24) is 15.1 Å². The Morgan fingerprint density at radius 2 is 1.67 bits per heavy atom. The van der Waals surface area contributed by atoms with Crippen LogP contribution in [0.1, 0.15) is 33.6 Å². The van der Waals surface area contributed by atoms with Gasteiger partial charge in [0.1, 0.15) is 0 Å². The lowest BCUT2D eigenvalue weighted by molar-refractivity contribution is 0.113. The van der Waals surface area contributed by atoms with Gasteiger partial charge in [0.2, 0.25) is 0 Å². The zero-order valence-corrected chi connectivity index (χ0v) is 12.5. The Bertz CT molecular complexity index is 230. The van der Waals surface area contributed by atoms with Crippen LogP contribution in [0.3, 0.4) is 0 Å². The first-order valence-corrected chi connectivity index (χ1v) is 7.87. The maximum Gasteiger partial charge on any atom is 0.0217 e. The van der Waals surface area contributed by atoms with E-state index < -0.39 is 0 Å². The molecule has 18 heavy (non-hydrogen) atoms. The zero-order chi connectivity index (χ0) is 13.0. The Kier molecular flexibility index (Phi) is 5.46. The van der Waals surface area contributed by atoms with Gasteiger partial charge in [-0.05, 0) is 31.2 Å². The fraction of sp³-hybridized carbons (Fsp3) is 1.00. The van der Waals surface area contributed by atoms with Crippen LogP contribution in [0.2, 0.25) is 0 Å². The van der Waals surface area contributed by atoms with E-state index in [2.05, 4.69) is 35.9 Å². The van der Waals surface area contributed by atoms with Crippen LogP contribution < -0.4 is 5.32 Å². The molecule has 0 radical (unpaired) electrons. The standard InChI is InChI=1S/C15H31N3/c1-4-16-15(13(2)3)12-18-9-7-17(8-10-18)11-14-5-6-14/h13-16H,4-12H2,1-3H3. The van der Waals surface area contributed by atoms with Crippen molar-refractivity contribution in [3.05, 3.63) is 0 Å². The quantitative estimate of drug-likeness (QED) is 0.744. The van der Waals surface area contributed by atoms with Crippen LogP contribution in [0.15, 0.2) is 0 Å². The summed E-state index contributed by atoms with van der Waals surface area (Å²) >= 11 is 0. The number of hydrogen-bond acceptors (Lipinski definition) is 3. The molecule has 0 aromatic heterocycles. The number of nitrogens with zero attached hydrogens (tertiary/aromatic N) is 2. The minimum Gasteiger partial charge on any atom is -0.313 e. The molecule has 1 aliphatic heterocycles. The molecule has 2 rings (SSSR count). The minimum absolute atomic E-state index is 0.657. The van der Waals surface area contributed by atoms with Crippen LogP contribution in [-0.4, -0.2) is 61.7 Å². The van der Waals surface area contributed by atoms with E-state index >= 15 is 0 Å². The Morgan fingerprint density at radius 3 is 2.17 bits per heavy atom. The number of hydrogen-bond donors (Lipinski definition) is 1. The van der Waals surface area contributed by atoms with Crippen molar-refractivity contribution in [3.8, 4) is 0 Å². The minimum atomic E-state index is 0.657. The van der Waals surface area contributed by atoms with Crippen LogP contribution in [0.4, 0.5) is 0 Å². The molecule has 0 amide bonds. The molecule has 0 spiro atoms. The Hall–Kier alpha value is -0.120. The van der Waals surface area contributed by atoms with Crippen LogP contribution >= 0.6 is 0 Å². The smallest absolute Gasteiger partial charge is 0.0217 e. The molecular formula is C15H31N3. The summed E-state index contributed by atoms with van der Waals surface area (Å²) in [5.41, 5.74) is 0. The van der Waals surface area contributed by atoms with Gasteiger partial charge in [-0.25, -0.2) is 0 Å². The van der Waals surface area contributed by atoms with E-state index in [0.29, 0.717) is 6.04 Å². The zero-order valence-electron chi connectivity index (χ0n) is 12.5. The van der Waals surface area contributed by atoms with Crippen molar-refractivity contribution >= 4 is 0 Å². The highest BCUT2D eigenvalue weighted by Crippen LogP contribution is 2.29. The van der Waals surface area contributed by atoms with Crippen LogP contribution in [0, 0.1) is 11.8 Å². The SMILES string of the molecule is CCNC(CN1CCN(CC2CC2)CC1)C(C)C. The van der Waals surface area contributed by atoms with Gasteiger partial charge >= 0.3 is 0 Å². The van der Waals surface area contributed by atoms with Gasteiger partial charge in [-0.1, -0.05) is 20.8 Å². The van der Waals surface area contributed by atoms with Gasteiger partial charge in [0.05, 0.1) is 0 Å². The fourth-order valence-corrected chi connectivity index (χ4v) is 2.87. The summed E-state index contributed by atoms with van der Waals surface area (Å²) in [6, 6.07) is 0.657. The van der Waals surface area contributed by atoms with E-state index in [1.165, 1.54) is 52.1 Å². The lowest BCUT2D eigenvalue weighted by Crippen LogP contribution is -2.52. The molecule has 1 aliphatic carbocycles. The molecule has 106 valence electrons. The average Bonchev–Trinajstić information content (AvgIpc) is 3.15. The fourth-order valence-electron chi connectivity index (χ4n) is 2.87. The van der Waals surface area contributed by atoms with Gasteiger partial charge in [0, 0.05) is 45.3 Å². The summed E-state index contributed by atoms with van der Waals surface area (Å²) < 4.78 is 0. The topological polar surface area (TPSA) is 18.5 Å². The van der Waals surface area contributed by atoms with Crippen molar-refractivity contribution < 1.29 is 0 Å². The molecule has 2 aliphatic rings. The Labute approximate surface area is 113 Å². The van der Waals surface area contributed by atoms with Crippen LogP contribution in [0.5, 0.6) is 0 Å². The predicted octanol–water partition coefficient (Wildman–Crippen LogP) is 1.65. The van der Waals surface area contributed by atoms with E-state index in [1.807, 2.05) is 0 Å². The molecule has 0 aromatic rings. The summed E-state index contributed by atoms with van der Waals surface area (Å²) in [4.78, 5) is 5.32. The normalized spacial score (nSPS) is 24.7. The first kappa shape index (κ1) is 14.3. The van der Waals surface area contributed by atoms with E-state index in [0.717, 1.165) is 18.4 Å². The average molecular weight is 253 g/mol. The number of likely N-dealkylation sites (N-methyl/N-ethyl adjacent to an activating group) is 1. The Morgan fingerprint density at radius 1 is 1.06 bits per heavy atom. The summed E-state index contributed by atoms with van der Waals surface area (Å²) in [5, 5.41) is 3.63. The van der Waals surface area contributed by atoms with Gasteiger partial charge in [-0.3, -0.25) is 4.90 Å². The number of rotatable bonds is 7. The first-order valence-electron chi connectivity index (χ1n) is 7.87. The van der Waals surface area contributed by atoms with Crippen molar-refractivity contribution in [1.29, 1.82) is 0 Å². The van der Waals surface area contributed by atoms with Gasteiger partial charge < -0.3 is 10.2 Å². The third kappa shape index (κ3) is 4.52. The molecule has 0 aromatic carbocycles. The second kappa shape index (κ2) is 6.88. The van der Waals surface area contributed by atoms with Crippen LogP contribution in [-0.2, 0) is 0 Å². The highest BCUT2D eigenvalue weighted by molar-refractivity contribution is 4.82. The molecule has 3 nitrogen and oxygen atoms in total. The van der Waals surface area contributed by atoms with Gasteiger partial charge in [-0.2, -0.15) is 0 Å². The largest absolute Gasteiger partial charge is 0.313 e. The molecule has 1 saturated heterocycles. The second-order valence-corrected chi connectivity index (χ2v) is 6.45. The summed E-state index contributed by atoms with van der Waals surface area (Å²) in [5.74, 6) is 1.77. The first-order chi connectivity index (χ1) is 8.69. The molecule has 1 saturated carbocycles. The van der Waals surface area contributed by atoms with Gasteiger partial charge in [0.25, 0.3) is 0 Å². The third-order valence-corrected chi connectivity index (χ3v) is 4.40. The van der Waals surface area contributed by atoms with Gasteiger partial charge in [0.15, 0.2) is 0 Å². The lowest BCUT2D eigenvalue weighted by Gasteiger charge is -2.37. The second-order valence-electron chi connectivity index (χ2n) is 6.45. The summed E-state index contributed by atoms with van der Waals surface area (Å²) in [6.07, 6.45) is 2.96. The maximum absolute atomic E-state index is 3.63. The molecule has 2 fully saturated rings. The van der Waals surface area contributed by atoms with E-state index in [1.54, 1.807) is 0 Å². The molecule has 1 atom stereocenters. The lowest BCUT2D eigenvalue weighted by atomic mass is 10.0. The highest BCUT2D eigenvalue weighted by Gasteiger charge is 2.27. The third-order valence-electron chi connectivity index (χ3n) is 4.40. The summed E-state index contributed by atoms with van der Waals surface area (Å²) in [6.45, 7) is 15.7. The van der Waals surface area contributed by atoms with E-state index in [9.17, 15) is 0 Å². The van der Waals surface area contributed by atoms with Gasteiger partial charge in [-0.15, -0.1) is 0 Å². The van der Waals surface area contributed by atoms with Crippen molar-refractivity contribution in [2.24, 2.45) is 11.8 Å². The van der Waals surface area contributed by atoms with Crippen molar-refractivity contribution in [2.75, 3.05) is 45.8 Å². The molecule has 1 heterocycles. The van der Waals surface area contributed by atoms with Crippen molar-refractivity contribution in [3.63, 3.8) is 0 Å². The predicted molar refractivity (Wildman–Crippen MR) is 77.9 cm³/mol. The molecule has 3 heteroatoms. The molecule has 0 bridgehead atoms. The van der Waals surface area contributed by atoms with Crippen LogP contribution in [0.25, 0.3) is 0 Å². The highest BCUT2D eigenvalue weighted by atomic mass is 15.3. The van der Waals surface area contributed by atoms with E-state index in [4.69, 9.17) is 0 Å². The monoisotopic (exact) mass is 253 g/mol.